The first-order chi connectivity index (χ1) is 14.1. The molecule has 0 radical (unpaired) electrons. The number of carbonyl (C=O) groups is 1. The highest BCUT2D eigenvalue weighted by Gasteiger charge is 2.13. The molecule has 0 fully saturated rings. The summed E-state index contributed by atoms with van der Waals surface area (Å²) in [6.45, 7) is 2.80. The van der Waals surface area contributed by atoms with Gasteiger partial charge >= 0.3 is 0 Å². The summed E-state index contributed by atoms with van der Waals surface area (Å²) < 4.78 is 21.3. The Morgan fingerprint density at radius 3 is 2.52 bits per heavy atom. The maximum Gasteiger partial charge on any atom is 0.251 e. The number of hydrogen-bond acceptors (Lipinski definition) is 7. The van der Waals surface area contributed by atoms with Gasteiger partial charge in [-0.2, -0.15) is 4.98 Å². The van der Waals surface area contributed by atoms with Crippen molar-refractivity contribution in [3.63, 3.8) is 0 Å². The van der Waals surface area contributed by atoms with E-state index in [0.717, 1.165) is 12.2 Å². The van der Waals surface area contributed by atoms with Crippen LogP contribution in [0.3, 0.4) is 0 Å². The lowest BCUT2D eigenvalue weighted by atomic mass is 10.2. The van der Waals surface area contributed by atoms with Gasteiger partial charge in [-0.3, -0.25) is 4.79 Å². The second-order valence-corrected chi connectivity index (χ2v) is 6.14. The maximum absolute atomic E-state index is 12.3. The maximum atomic E-state index is 12.3. The zero-order valence-corrected chi connectivity index (χ0v) is 16.6. The molecule has 0 aliphatic heterocycles. The summed E-state index contributed by atoms with van der Waals surface area (Å²) in [6, 6.07) is 12.3. The summed E-state index contributed by atoms with van der Waals surface area (Å²) in [5, 5.41) is 6.72. The quantitative estimate of drug-likeness (QED) is 0.590. The molecule has 0 saturated heterocycles. The smallest absolute Gasteiger partial charge is 0.251 e. The van der Waals surface area contributed by atoms with Crippen LogP contribution in [0.15, 0.2) is 47.0 Å². The first-order valence-electron chi connectivity index (χ1n) is 9.20. The molecule has 2 aromatic carbocycles. The molecule has 1 amide bonds. The van der Waals surface area contributed by atoms with Crippen LogP contribution in [0.2, 0.25) is 0 Å². The second kappa shape index (κ2) is 9.59. The van der Waals surface area contributed by atoms with E-state index in [1.54, 1.807) is 56.7 Å². The molecule has 1 heterocycles. The molecule has 0 saturated carbocycles. The van der Waals surface area contributed by atoms with E-state index < -0.39 is 0 Å². The van der Waals surface area contributed by atoms with E-state index in [-0.39, 0.29) is 12.5 Å². The lowest BCUT2D eigenvalue weighted by molar-refractivity contribution is 0.0946. The lowest BCUT2D eigenvalue weighted by Gasteiger charge is -2.07. The third-order valence-electron chi connectivity index (χ3n) is 4.10. The molecule has 1 N–H and O–H groups in total. The molecule has 0 bridgehead atoms. The monoisotopic (exact) mass is 397 g/mol. The normalized spacial score (nSPS) is 10.4. The third-order valence-corrected chi connectivity index (χ3v) is 4.10. The largest absolute Gasteiger partial charge is 0.494 e. The van der Waals surface area contributed by atoms with Crippen LogP contribution in [0.1, 0.15) is 29.6 Å². The van der Waals surface area contributed by atoms with Crippen molar-refractivity contribution in [2.75, 3.05) is 20.8 Å². The zero-order valence-electron chi connectivity index (χ0n) is 16.6. The van der Waals surface area contributed by atoms with Gasteiger partial charge in [0.15, 0.2) is 11.5 Å². The SMILES string of the molecule is CCCOc1ccc(C(=O)NCc2nc(-c3ccc(OC)c(OC)c3)no2)cc1. The Labute approximate surface area is 168 Å². The predicted molar refractivity (Wildman–Crippen MR) is 106 cm³/mol. The average molecular weight is 397 g/mol. The van der Waals surface area contributed by atoms with Crippen LogP contribution in [0.5, 0.6) is 17.2 Å². The number of aromatic nitrogens is 2. The van der Waals surface area contributed by atoms with E-state index in [1.807, 2.05) is 6.92 Å². The summed E-state index contributed by atoms with van der Waals surface area (Å²) in [5.41, 5.74) is 1.24. The minimum Gasteiger partial charge on any atom is -0.494 e. The molecule has 8 heteroatoms. The van der Waals surface area contributed by atoms with Crippen LogP contribution in [0.4, 0.5) is 0 Å². The fraction of sp³-hybridized carbons (Fsp3) is 0.286. The first-order valence-corrected chi connectivity index (χ1v) is 9.20. The van der Waals surface area contributed by atoms with Gasteiger partial charge in [-0.05, 0) is 48.9 Å². The zero-order chi connectivity index (χ0) is 20.6. The van der Waals surface area contributed by atoms with Crippen LogP contribution >= 0.6 is 0 Å². The van der Waals surface area contributed by atoms with Crippen molar-refractivity contribution >= 4 is 5.91 Å². The summed E-state index contributed by atoms with van der Waals surface area (Å²) in [7, 11) is 3.12. The lowest BCUT2D eigenvalue weighted by Crippen LogP contribution is -2.22. The molecular formula is C21H23N3O5. The van der Waals surface area contributed by atoms with Crippen molar-refractivity contribution in [1.29, 1.82) is 0 Å². The minimum absolute atomic E-state index is 0.118. The first kappa shape index (κ1) is 20.2. The number of hydrogen-bond donors (Lipinski definition) is 1. The Balaban J connectivity index is 1.61. The Kier molecular flexibility index (Phi) is 6.67. The van der Waals surface area contributed by atoms with E-state index in [0.29, 0.717) is 40.9 Å². The molecule has 0 spiro atoms. The Morgan fingerprint density at radius 2 is 1.83 bits per heavy atom. The van der Waals surface area contributed by atoms with Crippen molar-refractivity contribution in [2.24, 2.45) is 0 Å². The molecule has 0 aliphatic rings. The van der Waals surface area contributed by atoms with Gasteiger partial charge < -0.3 is 24.1 Å². The molecule has 0 aliphatic carbocycles. The number of nitrogens with zero attached hydrogens (tertiary/aromatic N) is 2. The topological polar surface area (TPSA) is 95.7 Å². The molecule has 152 valence electrons. The van der Waals surface area contributed by atoms with Gasteiger partial charge in [-0.1, -0.05) is 12.1 Å². The molecule has 0 atom stereocenters. The van der Waals surface area contributed by atoms with Crippen molar-refractivity contribution in [1.82, 2.24) is 15.5 Å². The van der Waals surface area contributed by atoms with Crippen LogP contribution in [-0.2, 0) is 6.54 Å². The Hall–Kier alpha value is -3.55. The van der Waals surface area contributed by atoms with Gasteiger partial charge in [-0.15, -0.1) is 0 Å². The summed E-state index contributed by atoms with van der Waals surface area (Å²) in [4.78, 5) is 16.6. The number of benzene rings is 2. The van der Waals surface area contributed by atoms with Crippen LogP contribution in [-0.4, -0.2) is 36.9 Å². The van der Waals surface area contributed by atoms with Gasteiger partial charge in [0.05, 0.1) is 27.4 Å². The van der Waals surface area contributed by atoms with E-state index in [4.69, 9.17) is 18.7 Å². The highest BCUT2D eigenvalue weighted by Crippen LogP contribution is 2.31. The molecule has 1 aromatic heterocycles. The molecule has 3 rings (SSSR count). The number of carbonyl (C=O) groups excluding carboxylic acids is 1. The second-order valence-electron chi connectivity index (χ2n) is 6.14. The van der Waals surface area contributed by atoms with Crippen molar-refractivity contribution in [2.45, 2.75) is 19.9 Å². The van der Waals surface area contributed by atoms with Gasteiger partial charge in [0, 0.05) is 11.1 Å². The number of amides is 1. The van der Waals surface area contributed by atoms with Crippen molar-refractivity contribution in [3.05, 3.63) is 53.9 Å². The number of nitrogens with one attached hydrogen (secondary N) is 1. The van der Waals surface area contributed by atoms with Gasteiger partial charge in [-0.25, -0.2) is 0 Å². The van der Waals surface area contributed by atoms with Crippen molar-refractivity contribution < 1.29 is 23.5 Å². The van der Waals surface area contributed by atoms with Crippen LogP contribution in [0, 0.1) is 0 Å². The highest BCUT2D eigenvalue weighted by atomic mass is 16.5. The molecule has 3 aromatic rings. The Morgan fingerprint density at radius 1 is 1.07 bits per heavy atom. The minimum atomic E-state index is -0.238. The van der Waals surface area contributed by atoms with Gasteiger partial charge in [0.1, 0.15) is 5.75 Å². The highest BCUT2D eigenvalue weighted by molar-refractivity contribution is 5.94. The molecule has 29 heavy (non-hydrogen) atoms. The molecular weight excluding hydrogens is 374 g/mol. The fourth-order valence-corrected chi connectivity index (χ4v) is 2.60. The summed E-state index contributed by atoms with van der Waals surface area (Å²) >= 11 is 0. The third kappa shape index (κ3) is 5.04. The average Bonchev–Trinajstić information content (AvgIpc) is 3.25. The van der Waals surface area contributed by atoms with E-state index in [1.165, 1.54) is 0 Å². The predicted octanol–water partition coefficient (Wildman–Crippen LogP) is 3.47. The number of rotatable bonds is 9. The van der Waals surface area contributed by atoms with Crippen molar-refractivity contribution in [3.8, 4) is 28.6 Å². The summed E-state index contributed by atoms with van der Waals surface area (Å²) in [5.74, 6) is 2.37. The van der Waals surface area contributed by atoms with Gasteiger partial charge in [0.25, 0.3) is 5.91 Å². The van der Waals surface area contributed by atoms with Crippen LogP contribution in [0.25, 0.3) is 11.4 Å². The van der Waals surface area contributed by atoms with Gasteiger partial charge in [0.2, 0.25) is 11.7 Å². The molecule has 0 unspecified atom stereocenters. The Bertz CT molecular complexity index is 953. The number of ether oxygens (including phenoxy) is 3. The van der Waals surface area contributed by atoms with E-state index in [9.17, 15) is 4.79 Å². The number of methoxy groups -OCH3 is 2. The summed E-state index contributed by atoms with van der Waals surface area (Å²) in [6.07, 6.45) is 0.928. The fourth-order valence-electron chi connectivity index (χ4n) is 2.60. The molecule has 8 nitrogen and oxygen atoms in total. The standard InChI is InChI=1S/C21H23N3O5/c1-4-11-28-16-8-5-14(6-9-16)21(25)22-13-19-23-20(24-29-19)15-7-10-17(26-2)18(12-15)27-3/h5-10,12H,4,11,13H2,1-3H3,(H,22,25). The van der Waals surface area contributed by atoms with E-state index in [2.05, 4.69) is 15.5 Å². The van der Waals surface area contributed by atoms with Crippen LogP contribution < -0.4 is 19.5 Å². The van der Waals surface area contributed by atoms with E-state index >= 15 is 0 Å².